The first kappa shape index (κ1) is 21.2. The van der Waals surface area contributed by atoms with E-state index in [4.69, 9.17) is 16.3 Å². The Kier molecular flexibility index (Phi) is 7.20. The van der Waals surface area contributed by atoms with Crippen molar-refractivity contribution in [2.24, 2.45) is 0 Å². The minimum Gasteiger partial charge on any atom is -0.484 e. The van der Waals surface area contributed by atoms with Gasteiger partial charge < -0.3 is 20.3 Å². The van der Waals surface area contributed by atoms with Crippen LogP contribution in [0.4, 0.5) is 11.5 Å². The lowest BCUT2D eigenvalue weighted by atomic mass is 9.90. The van der Waals surface area contributed by atoms with E-state index in [0.717, 1.165) is 42.9 Å². The predicted molar refractivity (Wildman–Crippen MR) is 118 cm³/mol. The molecule has 2 N–H and O–H groups in total. The van der Waals surface area contributed by atoms with Crippen molar-refractivity contribution in [2.75, 3.05) is 30.9 Å². The van der Waals surface area contributed by atoms with Crippen LogP contribution in [0.3, 0.4) is 0 Å². The Bertz CT molecular complexity index is 826. The van der Waals surface area contributed by atoms with Gasteiger partial charge in [0, 0.05) is 48.6 Å². The molecule has 156 valence electrons. The third-order valence-corrected chi connectivity index (χ3v) is 5.34. The number of nitrogens with one attached hydrogen (secondary N) is 2. The molecular weight excluding hydrogens is 388 g/mol. The third-order valence-electron chi connectivity index (χ3n) is 5.08. The SMILES string of the molecule is Cc1cc(N(C)C)cc(NC2CCCCC2NC(=O)COc2ccc(Cl)cc2)n1. The monoisotopic (exact) mass is 416 g/mol. The number of anilines is 2. The topological polar surface area (TPSA) is 66.5 Å². The molecule has 0 radical (unpaired) electrons. The van der Waals surface area contributed by atoms with Crippen molar-refractivity contribution in [3.05, 3.63) is 47.1 Å². The smallest absolute Gasteiger partial charge is 0.258 e. The van der Waals surface area contributed by atoms with Crippen molar-refractivity contribution in [1.82, 2.24) is 10.3 Å². The van der Waals surface area contributed by atoms with Crippen molar-refractivity contribution in [3.63, 3.8) is 0 Å². The maximum absolute atomic E-state index is 12.4. The molecule has 0 spiro atoms. The lowest BCUT2D eigenvalue weighted by Crippen LogP contribution is -2.49. The Labute approximate surface area is 177 Å². The van der Waals surface area contributed by atoms with Crippen LogP contribution < -0.4 is 20.3 Å². The van der Waals surface area contributed by atoms with E-state index in [-0.39, 0.29) is 24.6 Å². The second kappa shape index (κ2) is 9.83. The van der Waals surface area contributed by atoms with E-state index in [1.165, 1.54) is 0 Å². The molecule has 1 fully saturated rings. The molecule has 1 aromatic carbocycles. The minimum atomic E-state index is -0.121. The molecule has 0 aliphatic heterocycles. The second-order valence-corrected chi connectivity index (χ2v) is 8.13. The van der Waals surface area contributed by atoms with E-state index in [2.05, 4.69) is 26.6 Å². The summed E-state index contributed by atoms with van der Waals surface area (Å²) in [5.74, 6) is 1.35. The summed E-state index contributed by atoms with van der Waals surface area (Å²) in [7, 11) is 4.03. The zero-order valence-electron chi connectivity index (χ0n) is 17.2. The van der Waals surface area contributed by atoms with E-state index in [9.17, 15) is 4.79 Å². The van der Waals surface area contributed by atoms with Gasteiger partial charge in [-0.15, -0.1) is 0 Å². The molecule has 1 aliphatic rings. The molecule has 7 heteroatoms. The molecule has 29 heavy (non-hydrogen) atoms. The van der Waals surface area contributed by atoms with Crippen LogP contribution in [-0.2, 0) is 4.79 Å². The highest BCUT2D eigenvalue weighted by molar-refractivity contribution is 6.30. The number of amides is 1. The molecule has 3 rings (SSSR count). The fourth-order valence-electron chi connectivity index (χ4n) is 3.58. The Hall–Kier alpha value is -2.47. The summed E-state index contributed by atoms with van der Waals surface area (Å²) >= 11 is 5.87. The van der Waals surface area contributed by atoms with E-state index < -0.39 is 0 Å². The first-order valence-electron chi connectivity index (χ1n) is 10.0. The largest absolute Gasteiger partial charge is 0.484 e. The minimum absolute atomic E-state index is 0.0156. The third kappa shape index (κ3) is 6.26. The molecule has 1 aliphatic carbocycles. The van der Waals surface area contributed by atoms with Crippen molar-refractivity contribution in [1.29, 1.82) is 0 Å². The second-order valence-electron chi connectivity index (χ2n) is 7.70. The highest BCUT2D eigenvalue weighted by atomic mass is 35.5. The van der Waals surface area contributed by atoms with Crippen molar-refractivity contribution in [2.45, 2.75) is 44.7 Å². The maximum Gasteiger partial charge on any atom is 0.258 e. The number of carbonyl (C=O) groups is 1. The number of pyridine rings is 1. The van der Waals surface area contributed by atoms with Crippen LogP contribution in [0.25, 0.3) is 0 Å². The summed E-state index contributed by atoms with van der Waals surface area (Å²) in [5.41, 5.74) is 2.07. The van der Waals surface area contributed by atoms with Crippen LogP contribution in [0.15, 0.2) is 36.4 Å². The molecule has 2 atom stereocenters. The van der Waals surface area contributed by atoms with E-state index in [1.54, 1.807) is 24.3 Å². The van der Waals surface area contributed by atoms with Gasteiger partial charge in [-0.3, -0.25) is 4.79 Å². The van der Waals surface area contributed by atoms with Gasteiger partial charge >= 0.3 is 0 Å². The van der Waals surface area contributed by atoms with Gasteiger partial charge in [-0.2, -0.15) is 0 Å². The lowest BCUT2D eigenvalue weighted by molar-refractivity contribution is -0.124. The summed E-state index contributed by atoms with van der Waals surface area (Å²) in [5, 5.41) is 7.32. The Morgan fingerprint density at radius 3 is 2.55 bits per heavy atom. The number of nitrogens with zero attached hydrogens (tertiary/aromatic N) is 2. The molecule has 1 amide bonds. The van der Waals surface area contributed by atoms with Crippen LogP contribution in [0.1, 0.15) is 31.4 Å². The standard InChI is InChI=1S/C22H29ClN4O2/c1-15-12-17(27(2)3)13-21(24-15)25-19-6-4-5-7-20(19)26-22(28)14-29-18-10-8-16(23)9-11-18/h8-13,19-20H,4-7,14H2,1-3H3,(H,24,25)(H,26,28). The van der Waals surface area contributed by atoms with Crippen molar-refractivity contribution >= 4 is 29.0 Å². The molecule has 1 saturated carbocycles. The van der Waals surface area contributed by atoms with Gasteiger partial charge in [-0.25, -0.2) is 4.98 Å². The van der Waals surface area contributed by atoms with Gasteiger partial charge in [0.1, 0.15) is 11.6 Å². The fraction of sp³-hybridized carbons (Fsp3) is 0.455. The van der Waals surface area contributed by atoms with Crippen molar-refractivity contribution in [3.8, 4) is 5.75 Å². The van der Waals surface area contributed by atoms with E-state index in [1.807, 2.05) is 27.1 Å². The number of hydrogen-bond donors (Lipinski definition) is 2. The molecule has 0 bridgehead atoms. The number of carbonyl (C=O) groups excluding carboxylic acids is 1. The maximum atomic E-state index is 12.4. The molecule has 1 heterocycles. The molecule has 1 aromatic heterocycles. The van der Waals surface area contributed by atoms with E-state index in [0.29, 0.717) is 10.8 Å². The van der Waals surface area contributed by atoms with Gasteiger partial charge in [0.25, 0.3) is 5.91 Å². The summed E-state index contributed by atoms with van der Waals surface area (Å²) in [6.45, 7) is 1.98. The highest BCUT2D eigenvalue weighted by Gasteiger charge is 2.27. The zero-order valence-corrected chi connectivity index (χ0v) is 18.0. The average Bonchev–Trinajstić information content (AvgIpc) is 2.68. The van der Waals surface area contributed by atoms with Crippen LogP contribution in [-0.4, -0.2) is 43.7 Å². The first-order valence-corrected chi connectivity index (χ1v) is 10.4. The Balaban J connectivity index is 1.59. The summed E-state index contributed by atoms with van der Waals surface area (Å²) in [6, 6.07) is 11.3. The van der Waals surface area contributed by atoms with Crippen LogP contribution in [0, 0.1) is 6.92 Å². The lowest BCUT2D eigenvalue weighted by Gasteiger charge is -2.33. The number of rotatable bonds is 7. The number of benzene rings is 1. The number of halogens is 1. The molecule has 2 aromatic rings. The number of ether oxygens (including phenoxy) is 1. The van der Waals surface area contributed by atoms with Crippen LogP contribution >= 0.6 is 11.6 Å². The zero-order chi connectivity index (χ0) is 20.8. The summed E-state index contributed by atoms with van der Waals surface area (Å²) < 4.78 is 5.57. The Morgan fingerprint density at radius 2 is 1.86 bits per heavy atom. The first-order chi connectivity index (χ1) is 13.9. The van der Waals surface area contributed by atoms with Gasteiger partial charge in [0.2, 0.25) is 0 Å². The molecule has 2 unspecified atom stereocenters. The Morgan fingerprint density at radius 1 is 1.17 bits per heavy atom. The van der Waals surface area contributed by atoms with Gasteiger partial charge in [0.15, 0.2) is 6.61 Å². The molecule has 0 saturated heterocycles. The fourth-order valence-corrected chi connectivity index (χ4v) is 3.70. The van der Waals surface area contributed by atoms with Gasteiger partial charge in [-0.1, -0.05) is 24.4 Å². The van der Waals surface area contributed by atoms with Crippen LogP contribution in [0.2, 0.25) is 5.02 Å². The quantitative estimate of drug-likeness (QED) is 0.713. The van der Waals surface area contributed by atoms with Gasteiger partial charge in [-0.05, 0) is 50.1 Å². The highest BCUT2D eigenvalue weighted by Crippen LogP contribution is 2.24. The number of aromatic nitrogens is 1. The number of hydrogen-bond acceptors (Lipinski definition) is 5. The summed E-state index contributed by atoms with van der Waals surface area (Å²) in [6.07, 6.45) is 4.18. The number of aryl methyl sites for hydroxylation is 1. The summed E-state index contributed by atoms with van der Waals surface area (Å²) in [4.78, 5) is 19.1. The van der Waals surface area contributed by atoms with Crippen molar-refractivity contribution < 1.29 is 9.53 Å². The molecular formula is C22H29ClN4O2. The normalized spacial score (nSPS) is 18.8. The average molecular weight is 417 g/mol. The predicted octanol–water partition coefficient (Wildman–Crippen LogP) is 4.03. The van der Waals surface area contributed by atoms with Gasteiger partial charge in [0.05, 0.1) is 0 Å². The van der Waals surface area contributed by atoms with E-state index >= 15 is 0 Å². The van der Waals surface area contributed by atoms with Crippen LogP contribution in [0.5, 0.6) is 5.75 Å². The molecule has 6 nitrogen and oxygen atoms in total.